The minimum Gasteiger partial charge on any atom is -0.496 e. The van der Waals surface area contributed by atoms with Crippen LogP contribution in [0.15, 0.2) is 23.2 Å². The molecule has 0 unspecified atom stereocenters. The van der Waals surface area contributed by atoms with Gasteiger partial charge in [-0.3, -0.25) is 4.99 Å². The summed E-state index contributed by atoms with van der Waals surface area (Å²) in [5, 5.41) is 6.86. The first-order valence-corrected chi connectivity index (χ1v) is 9.39. The molecule has 1 fully saturated rings. The molecular formula is C20H34N4O. The fourth-order valence-corrected chi connectivity index (χ4v) is 3.38. The van der Waals surface area contributed by atoms with Crippen LogP contribution in [0.1, 0.15) is 30.4 Å². The van der Waals surface area contributed by atoms with Crippen molar-refractivity contribution >= 4 is 5.96 Å². The molecule has 140 valence electrons. The summed E-state index contributed by atoms with van der Waals surface area (Å²) in [6.07, 6.45) is 4.77. The summed E-state index contributed by atoms with van der Waals surface area (Å²) in [6.45, 7) is 6.40. The minimum atomic E-state index is 0.841. The molecule has 1 aromatic carbocycles. The van der Waals surface area contributed by atoms with Crippen LogP contribution in [0, 0.1) is 12.8 Å². The van der Waals surface area contributed by atoms with Gasteiger partial charge in [0.2, 0.25) is 0 Å². The van der Waals surface area contributed by atoms with E-state index in [0.29, 0.717) is 0 Å². The summed E-state index contributed by atoms with van der Waals surface area (Å²) < 4.78 is 5.45. The largest absolute Gasteiger partial charge is 0.496 e. The van der Waals surface area contributed by atoms with Crippen LogP contribution in [-0.2, 0) is 6.42 Å². The Hall–Kier alpha value is -1.75. The van der Waals surface area contributed by atoms with Crippen molar-refractivity contribution in [2.45, 2.75) is 32.6 Å². The van der Waals surface area contributed by atoms with Gasteiger partial charge in [0.25, 0.3) is 0 Å². The summed E-state index contributed by atoms with van der Waals surface area (Å²) in [6, 6.07) is 6.31. The number of aliphatic imine (C=N–C) groups is 1. The SMILES string of the molecule is CN=C(NCCc1cc(C)ccc1OC)NCCC1CCN(C)CC1. The second-order valence-corrected chi connectivity index (χ2v) is 7.03. The molecule has 1 aromatic rings. The van der Waals surface area contributed by atoms with Gasteiger partial charge < -0.3 is 20.3 Å². The zero-order valence-electron chi connectivity index (χ0n) is 16.3. The first-order chi connectivity index (χ1) is 12.1. The molecule has 2 N–H and O–H groups in total. The Morgan fingerprint density at radius 1 is 1.24 bits per heavy atom. The van der Waals surface area contributed by atoms with Crippen molar-refractivity contribution in [2.75, 3.05) is 47.4 Å². The molecule has 0 aromatic heterocycles. The first-order valence-electron chi connectivity index (χ1n) is 9.39. The maximum Gasteiger partial charge on any atom is 0.190 e. The van der Waals surface area contributed by atoms with Gasteiger partial charge in [0.1, 0.15) is 5.75 Å². The summed E-state index contributed by atoms with van der Waals surface area (Å²) in [5.41, 5.74) is 2.49. The lowest BCUT2D eigenvalue weighted by Crippen LogP contribution is -2.40. The number of benzene rings is 1. The Labute approximate surface area is 152 Å². The lowest BCUT2D eigenvalue weighted by Gasteiger charge is -2.29. The van der Waals surface area contributed by atoms with Crippen LogP contribution in [0.3, 0.4) is 0 Å². The van der Waals surface area contributed by atoms with Crippen LogP contribution in [0.5, 0.6) is 5.75 Å². The standard InChI is InChI=1S/C20H34N4O/c1-16-5-6-19(25-4)18(15-16)8-12-23-20(21-2)22-11-7-17-9-13-24(3)14-10-17/h5-6,15,17H,7-14H2,1-4H3,(H2,21,22,23). The number of guanidine groups is 1. The molecule has 0 bridgehead atoms. The Morgan fingerprint density at radius 2 is 1.96 bits per heavy atom. The maximum absolute atomic E-state index is 5.45. The molecule has 2 rings (SSSR count). The summed E-state index contributed by atoms with van der Waals surface area (Å²) in [5.74, 6) is 2.69. The third kappa shape index (κ3) is 6.58. The molecule has 1 aliphatic rings. The Balaban J connectivity index is 1.69. The number of nitrogens with zero attached hydrogens (tertiary/aromatic N) is 2. The van der Waals surface area contributed by atoms with Crippen molar-refractivity contribution in [3.8, 4) is 5.75 Å². The number of hydrogen-bond donors (Lipinski definition) is 2. The second-order valence-electron chi connectivity index (χ2n) is 7.03. The number of nitrogens with one attached hydrogen (secondary N) is 2. The number of ether oxygens (including phenoxy) is 1. The lowest BCUT2D eigenvalue weighted by molar-refractivity contribution is 0.213. The zero-order chi connectivity index (χ0) is 18.1. The molecule has 0 spiro atoms. The molecule has 1 heterocycles. The highest BCUT2D eigenvalue weighted by atomic mass is 16.5. The van der Waals surface area contributed by atoms with E-state index in [1.807, 2.05) is 13.1 Å². The van der Waals surface area contributed by atoms with E-state index in [-0.39, 0.29) is 0 Å². The molecule has 0 radical (unpaired) electrons. The van der Waals surface area contributed by atoms with E-state index < -0.39 is 0 Å². The highest BCUT2D eigenvalue weighted by molar-refractivity contribution is 5.79. The lowest BCUT2D eigenvalue weighted by atomic mass is 9.94. The van der Waals surface area contributed by atoms with E-state index in [9.17, 15) is 0 Å². The van der Waals surface area contributed by atoms with Crippen molar-refractivity contribution in [1.82, 2.24) is 15.5 Å². The monoisotopic (exact) mass is 346 g/mol. The summed E-state index contributed by atoms with van der Waals surface area (Å²) in [7, 11) is 5.77. The molecule has 0 atom stereocenters. The molecule has 25 heavy (non-hydrogen) atoms. The highest BCUT2D eigenvalue weighted by Gasteiger charge is 2.16. The van der Waals surface area contributed by atoms with Gasteiger partial charge in [-0.15, -0.1) is 0 Å². The van der Waals surface area contributed by atoms with Gasteiger partial charge in [0.05, 0.1) is 7.11 Å². The van der Waals surface area contributed by atoms with Gasteiger partial charge >= 0.3 is 0 Å². The Morgan fingerprint density at radius 3 is 2.64 bits per heavy atom. The van der Waals surface area contributed by atoms with Crippen LogP contribution in [0.2, 0.25) is 0 Å². The van der Waals surface area contributed by atoms with Gasteiger partial charge in [-0.1, -0.05) is 17.7 Å². The number of rotatable bonds is 7. The highest BCUT2D eigenvalue weighted by Crippen LogP contribution is 2.20. The van der Waals surface area contributed by atoms with Crippen LogP contribution >= 0.6 is 0 Å². The van der Waals surface area contributed by atoms with E-state index in [0.717, 1.165) is 37.1 Å². The molecule has 0 amide bonds. The molecule has 0 saturated carbocycles. The number of likely N-dealkylation sites (tertiary alicyclic amines) is 1. The molecule has 0 aliphatic carbocycles. The van der Waals surface area contributed by atoms with Crippen LogP contribution < -0.4 is 15.4 Å². The van der Waals surface area contributed by atoms with Gasteiger partial charge in [0.15, 0.2) is 5.96 Å². The number of hydrogen-bond acceptors (Lipinski definition) is 3. The van der Waals surface area contributed by atoms with Gasteiger partial charge in [-0.2, -0.15) is 0 Å². The average Bonchev–Trinajstić information content (AvgIpc) is 2.62. The zero-order valence-corrected chi connectivity index (χ0v) is 16.3. The first kappa shape index (κ1) is 19.6. The molecule has 1 aliphatic heterocycles. The third-order valence-electron chi connectivity index (χ3n) is 5.03. The van der Waals surface area contributed by atoms with E-state index in [4.69, 9.17) is 4.74 Å². The Bertz CT molecular complexity index is 551. The smallest absolute Gasteiger partial charge is 0.190 e. The van der Waals surface area contributed by atoms with Crippen molar-refractivity contribution in [3.63, 3.8) is 0 Å². The average molecular weight is 347 g/mol. The topological polar surface area (TPSA) is 48.9 Å². The van der Waals surface area contributed by atoms with Crippen molar-refractivity contribution in [1.29, 1.82) is 0 Å². The number of methoxy groups -OCH3 is 1. The normalized spacial score (nSPS) is 16.7. The summed E-state index contributed by atoms with van der Waals surface area (Å²) in [4.78, 5) is 6.75. The van der Waals surface area contributed by atoms with Crippen molar-refractivity contribution < 1.29 is 4.74 Å². The molecule has 1 saturated heterocycles. The van der Waals surface area contributed by atoms with E-state index >= 15 is 0 Å². The van der Waals surface area contributed by atoms with Gasteiger partial charge in [-0.05, 0) is 70.3 Å². The maximum atomic E-state index is 5.45. The van der Waals surface area contributed by atoms with Crippen LogP contribution in [-0.4, -0.2) is 58.2 Å². The van der Waals surface area contributed by atoms with Crippen molar-refractivity contribution in [2.24, 2.45) is 10.9 Å². The van der Waals surface area contributed by atoms with Gasteiger partial charge in [-0.25, -0.2) is 0 Å². The molecule has 5 nitrogen and oxygen atoms in total. The van der Waals surface area contributed by atoms with Crippen LogP contribution in [0.4, 0.5) is 0 Å². The van der Waals surface area contributed by atoms with E-state index in [1.165, 1.54) is 43.5 Å². The summed E-state index contributed by atoms with van der Waals surface area (Å²) >= 11 is 0. The quantitative estimate of drug-likeness (QED) is 0.588. The van der Waals surface area contributed by atoms with Crippen molar-refractivity contribution in [3.05, 3.63) is 29.3 Å². The fraction of sp³-hybridized carbons (Fsp3) is 0.650. The number of piperidine rings is 1. The molecule has 5 heteroatoms. The van der Waals surface area contributed by atoms with E-state index in [2.05, 4.69) is 46.6 Å². The molecular weight excluding hydrogens is 312 g/mol. The fourth-order valence-electron chi connectivity index (χ4n) is 3.38. The predicted molar refractivity (Wildman–Crippen MR) is 106 cm³/mol. The number of aryl methyl sites for hydroxylation is 1. The van der Waals surface area contributed by atoms with Crippen LogP contribution in [0.25, 0.3) is 0 Å². The second kappa shape index (κ2) is 10.3. The van der Waals surface area contributed by atoms with Gasteiger partial charge in [0, 0.05) is 20.1 Å². The predicted octanol–water partition coefficient (Wildman–Crippen LogP) is 2.44. The van der Waals surface area contributed by atoms with E-state index in [1.54, 1.807) is 7.11 Å². The Kier molecular flexibility index (Phi) is 8.06. The third-order valence-corrected chi connectivity index (χ3v) is 5.03. The minimum absolute atomic E-state index is 0.841.